The molecular weight excluding hydrogens is 292 g/mol. The number of carbonyl (C=O) groups is 1. The zero-order valence-corrected chi connectivity index (χ0v) is 11.3. The molecule has 78 valence electrons. The molecule has 0 aromatic heterocycles. The number of thioether (sulfide) groups is 2. The van der Waals surface area contributed by atoms with Crippen molar-refractivity contribution in [1.29, 1.82) is 0 Å². The van der Waals surface area contributed by atoms with Crippen LogP contribution in [0.5, 0.6) is 0 Å². The molecule has 0 spiro atoms. The van der Waals surface area contributed by atoms with Gasteiger partial charge in [0.15, 0.2) is 5.78 Å². The molecule has 0 N–H and O–H groups in total. The van der Waals surface area contributed by atoms with Gasteiger partial charge in [-0.2, -0.15) is 0 Å². The van der Waals surface area contributed by atoms with Gasteiger partial charge >= 0.3 is 0 Å². The van der Waals surface area contributed by atoms with Gasteiger partial charge in [-0.3, -0.25) is 4.79 Å². The lowest BCUT2D eigenvalue weighted by Gasteiger charge is -2.11. The minimum absolute atomic E-state index is 0.118. The topological polar surface area (TPSA) is 17.1 Å². The first kappa shape index (κ1) is 11.3. The number of hydrogen-bond acceptors (Lipinski definition) is 3. The molecule has 1 atom stereocenters. The Balaban J connectivity index is 2.34. The van der Waals surface area contributed by atoms with Crippen molar-refractivity contribution in [3.05, 3.63) is 34.6 Å². The zero-order valence-electron chi connectivity index (χ0n) is 8.07. The average Bonchev–Trinajstić information content (AvgIpc) is 2.27. The summed E-state index contributed by atoms with van der Waals surface area (Å²) < 4.78 is 0. The number of ketones is 1. The van der Waals surface area contributed by atoms with E-state index in [0.29, 0.717) is 0 Å². The maximum absolute atomic E-state index is 11.7. The Morgan fingerprint density at radius 1 is 1.27 bits per heavy atom. The molecular formula is C11H9BrOS2. The van der Waals surface area contributed by atoms with E-state index in [1.165, 1.54) is 9.79 Å². The minimum Gasteiger partial charge on any atom is -0.293 e. The van der Waals surface area contributed by atoms with Crippen LogP contribution in [0.4, 0.5) is 0 Å². The Kier molecular flexibility index (Phi) is 3.59. The van der Waals surface area contributed by atoms with Crippen molar-refractivity contribution >= 4 is 45.2 Å². The monoisotopic (exact) mass is 300 g/mol. The molecule has 1 aromatic carbocycles. The van der Waals surface area contributed by atoms with E-state index >= 15 is 0 Å². The maximum atomic E-state index is 11.7. The number of halogens is 1. The third kappa shape index (κ3) is 2.49. The molecule has 0 fully saturated rings. The Morgan fingerprint density at radius 3 is 2.60 bits per heavy atom. The van der Waals surface area contributed by atoms with Gasteiger partial charge in [0.1, 0.15) is 0 Å². The molecule has 0 saturated heterocycles. The molecule has 1 aliphatic heterocycles. The van der Waals surface area contributed by atoms with Crippen LogP contribution in [0.1, 0.15) is 17.3 Å². The van der Waals surface area contributed by atoms with Crippen molar-refractivity contribution in [2.75, 3.05) is 0 Å². The maximum Gasteiger partial charge on any atom is 0.176 e. The van der Waals surface area contributed by atoms with E-state index in [0.717, 1.165) is 5.56 Å². The van der Waals surface area contributed by atoms with Gasteiger partial charge < -0.3 is 0 Å². The summed E-state index contributed by atoms with van der Waals surface area (Å²) in [4.78, 5) is 14.0. The van der Waals surface area contributed by atoms with Gasteiger partial charge in [0.2, 0.25) is 0 Å². The molecule has 15 heavy (non-hydrogen) atoms. The summed E-state index contributed by atoms with van der Waals surface area (Å²) in [7, 11) is 0. The third-order valence-corrected chi connectivity index (χ3v) is 4.50. The van der Waals surface area contributed by atoms with Gasteiger partial charge in [0.25, 0.3) is 0 Å². The molecule has 1 unspecified atom stereocenters. The Morgan fingerprint density at radius 2 is 1.93 bits per heavy atom. The van der Waals surface area contributed by atoms with Crippen molar-refractivity contribution in [3.8, 4) is 0 Å². The van der Waals surface area contributed by atoms with Crippen LogP contribution in [0.2, 0.25) is 0 Å². The molecule has 1 nitrogen and oxygen atoms in total. The van der Waals surface area contributed by atoms with Gasteiger partial charge in [-0.1, -0.05) is 45.5 Å². The molecule has 4 heteroatoms. The smallest absolute Gasteiger partial charge is 0.176 e. The highest BCUT2D eigenvalue weighted by molar-refractivity contribution is 9.10. The summed E-state index contributed by atoms with van der Waals surface area (Å²) in [5.41, 5.74) is 0.779. The summed E-state index contributed by atoms with van der Waals surface area (Å²) >= 11 is 6.65. The third-order valence-electron chi connectivity index (χ3n) is 2.04. The lowest BCUT2D eigenvalue weighted by molar-refractivity contribution is 0.0995. The van der Waals surface area contributed by atoms with Crippen LogP contribution in [0.25, 0.3) is 0 Å². The Labute approximate surface area is 106 Å². The highest BCUT2D eigenvalue weighted by Gasteiger charge is 2.14. The SMILES string of the molecule is CC(Br)C(=O)c1ccc2c(c1)SC=CS2. The van der Waals surface area contributed by atoms with Gasteiger partial charge in [-0.25, -0.2) is 0 Å². The number of rotatable bonds is 2. The first-order valence-corrected chi connectivity index (χ1v) is 7.16. The van der Waals surface area contributed by atoms with E-state index < -0.39 is 0 Å². The van der Waals surface area contributed by atoms with Crippen LogP contribution < -0.4 is 0 Å². The van der Waals surface area contributed by atoms with E-state index in [4.69, 9.17) is 0 Å². The van der Waals surface area contributed by atoms with Crippen LogP contribution in [0.15, 0.2) is 38.8 Å². The van der Waals surface area contributed by atoms with E-state index in [-0.39, 0.29) is 10.6 Å². The number of alkyl halides is 1. The van der Waals surface area contributed by atoms with E-state index in [9.17, 15) is 4.79 Å². The largest absolute Gasteiger partial charge is 0.293 e. The Bertz CT molecular complexity index is 427. The lowest BCUT2D eigenvalue weighted by Crippen LogP contribution is -2.09. The number of hydrogen-bond donors (Lipinski definition) is 0. The molecule has 1 aliphatic rings. The van der Waals surface area contributed by atoms with Crippen LogP contribution in [0.3, 0.4) is 0 Å². The Hall–Kier alpha value is -0.190. The fraction of sp³-hybridized carbons (Fsp3) is 0.182. The molecule has 1 aromatic rings. The second-order valence-corrected chi connectivity index (χ2v) is 6.42. The van der Waals surface area contributed by atoms with Crippen molar-refractivity contribution in [2.45, 2.75) is 21.5 Å². The van der Waals surface area contributed by atoms with Crippen molar-refractivity contribution in [3.63, 3.8) is 0 Å². The fourth-order valence-corrected chi connectivity index (χ4v) is 3.27. The molecule has 2 rings (SSSR count). The van der Waals surface area contributed by atoms with Crippen LogP contribution in [-0.4, -0.2) is 10.6 Å². The molecule has 0 bridgehead atoms. The van der Waals surface area contributed by atoms with Gasteiger partial charge in [0, 0.05) is 15.4 Å². The standard InChI is InChI=1S/C11H9BrOS2/c1-7(12)11(13)8-2-3-9-10(6-8)15-5-4-14-9/h2-7H,1H3. The predicted octanol–water partition coefficient (Wildman–Crippen LogP) is 4.32. The second kappa shape index (κ2) is 4.76. The quantitative estimate of drug-likeness (QED) is 0.598. The van der Waals surface area contributed by atoms with Crippen molar-refractivity contribution < 1.29 is 4.79 Å². The van der Waals surface area contributed by atoms with E-state index in [2.05, 4.69) is 21.3 Å². The normalized spacial score (nSPS) is 15.9. The highest BCUT2D eigenvalue weighted by Crippen LogP contribution is 2.38. The van der Waals surface area contributed by atoms with Crippen molar-refractivity contribution in [2.24, 2.45) is 0 Å². The number of benzene rings is 1. The van der Waals surface area contributed by atoms with Crippen molar-refractivity contribution in [1.82, 2.24) is 0 Å². The number of Topliss-reactive ketones (excluding diaryl/α,β-unsaturated/α-hetero) is 1. The number of carbonyl (C=O) groups excluding carboxylic acids is 1. The summed E-state index contributed by atoms with van der Waals surface area (Å²) in [5, 5.41) is 4.10. The lowest BCUT2D eigenvalue weighted by atomic mass is 10.1. The minimum atomic E-state index is -0.118. The van der Waals surface area contributed by atoms with Crippen LogP contribution in [0, 0.1) is 0 Å². The summed E-state index contributed by atoms with van der Waals surface area (Å²) in [5.74, 6) is 0.137. The van der Waals surface area contributed by atoms with E-state index in [1.807, 2.05) is 30.5 Å². The highest BCUT2D eigenvalue weighted by atomic mass is 79.9. The predicted molar refractivity (Wildman–Crippen MR) is 70.0 cm³/mol. The molecule has 0 radical (unpaired) electrons. The summed E-state index contributed by atoms with van der Waals surface area (Å²) in [6.45, 7) is 1.85. The first-order chi connectivity index (χ1) is 7.18. The zero-order chi connectivity index (χ0) is 10.8. The fourth-order valence-electron chi connectivity index (χ4n) is 1.28. The number of fused-ring (bicyclic) bond motifs is 1. The molecule has 0 amide bonds. The molecule has 0 aliphatic carbocycles. The second-order valence-electron chi connectivity index (χ2n) is 3.15. The average molecular weight is 301 g/mol. The van der Waals surface area contributed by atoms with Crippen LogP contribution in [-0.2, 0) is 0 Å². The van der Waals surface area contributed by atoms with Gasteiger partial charge in [0.05, 0.1) is 4.83 Å². The first-order valence-electron chi connectivity index (χ1n) is 4.49. The van der Waals surface area contributed by atoms with Crippen LogP contribution >= 0.6 is 39.5 Å². The van der Waals surface area contributed by atoms with E-state index in [1.54, 1.807) is 23.5 Å². The molecule has 0 saturated carbocycles. The van der Waals surface area contributed by atoms with Gasteiger partial charge in [-0.15, -0.1) is 0 Å². The summed E-state index contributed by atoms with van der Waals surface area (Å²) in [6.07, 6.45) is 0. The van der Waals surface area contributed by atoms with Gasteiger partial charge in [-0.05, 0) is 29.9 Å². The molecule has 1 heterocycles. The summed E-state index contributed by atoms with van der Waals surface area (Å²) in [6, 6.07) is 5.88.